The zero-order valence-electron chi connectivity index (χ0n) is 16.9. The summed E-state index contributed by atoms with van der Waals surface area (Å²) >= 11 is 6.01. The zero-order chi connectivity index (χ0) is 20.4. The second-order valence-electron chi connectivity index (χ2n) is 7.53. The lowest BCUT2D eigenvalue weighted by molar-refractivity contribution is 0.208. The molecule has 3 aromatic rings. The van der Waals surface area contributed by atoms with Crippen LogP contribution in [0.5, 0.6) is 0 Å². The van der Waals surface area contributed by atoms with E-state index in [4.69, 9.17) is 21.7 Å². The van der Waals surface area contributed by atoms with Crippen molar-refractivity contribution in [3.63, 3.8) is 0 Å². The number of rotatable bonds is 7. The van der Waals surface area contributed by atoms with Gasteiger partial charge in [-0.2, -0.15) is 10.1 Å². The summed E-state index contributed by atoms with van der Waals surface area (Å²) in [7, 11) is 0. The summed E-state index contributed by atoms with van der Waals surface area (Å²) in [4.78, 5) is 9.38. The number of aromatic nitrogens is 4. The number of aliphatic hydroxyl groups is 1. The van der Waals surface area contributed by atoms with Crippen LogP contribution in [-0.4, -0.2) is 37.5 Å². The number of hydrogen-bond donors (Lipinski definition) is 3. The molecule has 0 amide bonds. The van der Waals surface area contributed by atoms with Gasteiger partial charge in [-0.15, -0.1) is 0 Å². The zero-order valence-corrected chi connectivity index (χ0v) is 17.6. The Labute approximate surface area is 170 Å². The highest BCUT2D eigenvalue weighted by molar-refractivity contribution is 6.30. The molecule has 0 aliphatic rings. The van der Waals surface area contributed by atoms with Crippen LogP contribution in [0.2, 0.25) is 5.02 Å². The third-order valence-electron chi connectivity index (χ3n) is 4.27. The van der Waals surface area contributed by atoms with Gasteiger partial charge in [0.25, 0.3) is 0 Å². The fourth-order valence-corrected chi connectivity index (χ4v) is 3.03. The topological polar surface area (TPSA) is 87.9 Å². The molecule has 0 aliphatic heterocycles. The molecule has 7 nitrogen and oxygen atoms in total. The molecule has 0 fully saturated rings. The Morgan fingerprint density at radius 1 is 1.07 bits per heavy atom. The van der Waals surface area contributed by atoms with Gasteiger partial charge in [-0.25, -0.2) is 4.98 Å². The Kier molecular flexibility index (Phi) is 6.05. The summed E-state index contributed by atoms with van der Waals surface area (Å²) in [6.45, 7) is 10.5. The highest BCUT2D eigenvalue weighted by Gasteiger charge is 2.22. The Bertz CT molecular complexity index is 949. The molecule has 3 rings (SSSR count). The predicted octanol–water partition coefficient (Wildman–Crippen LogP) is 4.72. The molecule has 0 saturated carbocycles. The SMILES string of the molecule is CC(O)CNc1nc(Nc2ccc(Cl)cc2)c2c(n1)c(C(C)C)nn2C(C)C. The number of nitrogens with one attached hydrogen (secondary N) is 2. The van der Waals surface area contributed by atoms with E-state index in [0.717, 1.165) is 22.4 Å². The van der Waals surface area contributed by atoms with Gasteiger partial charge in [-0.3, -0.25) is 4.68 Å². The minimum atomic E-state index is -0.505. The lowest BCUT2D eigenvalue weighted by atomic mass is 10.1. The summed E-state index contributed by atoms with van der Waals surface area (Å²) in [5.74, 6) is 1.33. The van der Waals surface area contributed by atoms with Crippen molar-refractivity contribution in [1.29, 1.82) is 0 Å². The third-order valence-corrected chi connectivity index (χ3v) is 4.52. The van der Waals surface area contributed by atoms with Gasteiger partial charge in [0.2, 0.25) is 5.95 Å². The van der Waals surface area contributed by atoms with Crippen molar-refractivity contribution in [2.45, 2.75) is 52.7 Å². The largest absolute Gasteiger partial charge is 0.392 e. The summed E-state index contributed by atoms with van der Waals surface area (Å²) < 4.78 is 1.96. The lowest BCUT2D eigenvalue weighted by Crippen LogP contribution is -2.17. The van der Waals surface area contributed by atoms with Gasteiger partial charge < -0.3 is 15.7 Å². The molecule has 0 radical (unpaired) electrons. The predicted molar refractivity (Wildman–Crippen MR) is 115 cm³/mol. The number of hydrogen-bond acceptors (Lipinski definition) is 6. The number of benzene rings is 1. The second-order valence-corrected chi connectivity index (χ2v) is 7.97. The number of anilines is 3. The lowest BCUT2D eigenvalue weighted by Gasteiger charge is -2.14. The van der Waals surface area contributed by atoms with E-state index in [1.807, 2.05) is 28.9 Å². The molecule has 0 bridgehead atoms. The smallest absolute Gasteiger partial charge is 0.225 e. The van der Waals surface area contributed by atoms with E-state index in [9.17, 15) is 5.11 Å². The van der Waals surface area contributed by atoms with E-state index in [1.54, 1.807) is 6.92 Å². The van der Waals surface area contributed by atoms with E-state index in [2.05, 4.69) is 43.3 Å². The molecule has 8 heteroatoms. The van der Waals surface area contributed by atoms with Gasteiger partial charge in [-0.1, -0.05) is 25.4 Å². The Balaban J connectivity index is 2.17. The summed E-state index contributed by atoms with van der Waals surface area (Å²) in [6, 6.07) is 7.61. The summed E-state index contributed by atoms with van der Waals surface area (Å²) in [6.07, 6.45) is -0.505. The van der Waals surface area contributed by atoms with E-state index in [1.165, 1.54) is 0 Å². The first-order valence-electron chi connectivity index (χ1n) is 9.51. The van der Waals surface area contributed by atoms with Gasteiger partial charge >= 0.3 is 0 Å². The van der Waals surface area contributed by atoms with Crippen LogP contribution in [0.25, 0.3) is 11.0 Å². The summed E-state index contributed by atoms with van der Waals surface area (Å²) in [5, 5.41) is 21.6. The van der Waals surface area contributed by atoms with Gasteiger partial charge in [-0.05, 0) is 51.0 Å². The molecular weight excluding hydrogens is 376 g/mol. The molecule has 0 aliphatic carbocycles. The Morgan fingerprint density at radius 3 is 2.32 bits per heavy atom. The third kappa shape index (κ3) is 4.36. The molecule has 2 heterocycles. The van der Waals surface area contributed by atoms with Gasteiger partial charge in [0, 0.05) is 23.3 Å². The molecule has 1 atom stereocenters. The van der Waals surface area contributed by atoms with Crippen molar-refractivity contribution in [2.24, 2.45) is 0 Å². The normalized spacial score (nSPS) is 12.8. The van der Waals surface area contributed by atoms with Crippen LogP contribution in [0.15, 0.2) is 24.3 Å². The van der Waals surface area contributed by atoms with Crippen LogP contribution >= 0.6 is 11.6 Å². The van der Waals surface area contributed by atoms with Crippen molar-refractivity contribution in [1.82, 2.24) is 19.7 Å². The highest BCUT2D eigenvalue weighted by Crippen LogP contribution is 2.32. The van der Waals surface area contributed by atoms with Crippen molar-refractivity contribution in [3.8, 4) is 0 Å². The molecule has 1 unspecified atom stereocenters. The van der Waals surface area contributed by atoms with Crippen molar-refractivity contribution in [3.05, 3.63) is 35.0 Å². The number of nitrogens with zero attached hydrogens (tertiary/aromatic N) is 4. The highest BCUT2D eigenvalue weighted by atomic mass is 35.5. The van der Waals surface area contributed by atoms with E-state index in [0.29, 0.717) is 23.3 Å². The van der Waals surface area contributed by atoms with Crippen LogP contribution in [0, 0.1) is 0 Å². The number of halogens is 1. The van der Waals surface area contributed by atoms with E-state index < -0.39 is 6.10 Å². The van der Waals surface area contributed by atoms with Crippen LogP contribution in [0.1, 0.15) is 52.3 Å². The Morgan fingerprint density at radius 2 is 1.75 bits per heavy atom. The standard InChI is InChI=1S/C20H27ClN6O/c1-11(2)16-17-18(27(26-16)12(3)4)19(23-15-8-6-14(21)7-9-15)25-20(24-17)22-10-13(5)28/h6-9,11-13,28H,10H2,1-5H3,(H2,22,23,24,25). The molecule has 150 valence electrons. The van der Waals surface area contributed by atoms with Crippen LogP contribution in [-0.2, 0) is 0 Å². The maximum atomic E-state index is 9.61. The first-order valence-corrected chi connectivity index (χ1v) is 9.88. The maximum Gasteiger partial charge on any atom is 0.225 e. The molecular formula is C20H27ClN6O. The number of aliphatic hydroxyl groups excluding tert-OH is 1. The van der Waals surface area contributed by atoms with Gasteiger partial charge in [0.05, 0.1) is 11.8 Å². The van der Waals surface area contributed by atoms with Crippen LogP contribution in [0.3, 0.4) is 0 Å². The molecule has 0 saturated heterocycles. The molecule has 1 aromatic carbocycles. The second kappa shape index (κ2) is 8.32. The average Bonchev–Trinajstić information content (AvgIpc) is 3.02. The maximum absolute atomic E-state index is 9.61. The van der Waals surface area contributed by atoms with Crippen LogP contribution < -0.4 is 10.6 Å². The van der Waals surface area contributed by atoms with Gasteiger partial charge in [0.1, 0.15) is 11.0 Å². The van der Waals surface area contributed by atoms with Crippen molar-refractivity contribution < 1.29 is 5.11 Å². The van der Waals surface area contributed by atoms with Gasteiger partial charge in [0.15, 0.2) is 5.82 Å². The number of fused-ring (bicyclic) bond motifs is 1. The quantitative estimate of drug-likeness (QED) is 0.530. The summed E-state index contributed by atoms with van der Waals surface area (Å²) in [5.41, 5.74) is 3.46. The average molecular weight is 403 g/mol. The Hall–Kier alpha value is -2.38. The monoisotopic (exact) mass is 402 g/mol. The molecule has 0 spiro atoms. The molecule has 2 aromatic heterocycles. The molecule has 3 N–H and O–H groups in total. The first kappa shape index (κ1) is 20.4. The fraction of sp³-hybridized carbons (Fsp3) is 0.450. The first-order chi connectivity index (χ1) is 13.3. The minimum Gasteiger partial charge on any atom is -0.392 e. The van der Waals surface area contributed by atoms with E-state index >= 15 is 0 Å². The van der Waals surface area contributed by atoms with E-state index in [-0.39, 0.29) is 12.0 Å². The van der Waals surface area contributed by atoms with Crippen molar-refractivity contribution >= 4 is 40.1 Å². The molecule has 28 heavy (non-hydrogen) atoms. The van der Waals surface area contributed by atoms with Crippen LogP contribution in [0.4, 0.5) is 17.5 Å². The van der Waals surface area contributed by atoms with Crippen molar-refractivity contribution in [2.75, 3.05) is 17.2 Å². The fourth-order valence-electron chi connectivity index (χ4n) is 2.90. The minimum absolute atomic E-state index is 0.153.